The van der Waals surface area contributed by atoms with Gasteiger partial charge in [-0.05, 0) is 50.9 Å². The number of benzene rings is 1. The SMILES string of the molecule is CCOc1cc(Br)c(S)c(Br)c1. The number of ether oxygens (including phenoxy) is 1. The van der Waals surface area contributed by atoms with Crippen LogP contribution in [0.25, 0.3) is 0 Å². The molecule has 66 valence electrons. The maximum atomic E-state index is 5.33. The highest BCUT2D eigenvalue weighted by Crippen LogP contribution is 2.33. The first-order valence-electron chi connectivity index (χ1n) is 3.46. The van der Waals surface area contributed by atoms with E-state index in [2.05, 4.69) is 44.5 Å². The Kier molecular flexibility index (Phi) is 3.93. The second kappa shape index (κ2) is 4.53. The van der Waals surface area contributed by atoms with E-state index in [9.17, 15) is 0 Å². The van der Waals surface area contributed by atoms with Crippen LogP contribution in [0.3, 0.4) is 0 Å². The van der Waals surface area contributed by atoms with E-state index in [-0.39, 0.29) is 0 Å². The molecule has 4 heteroatoms. The molecule has 0 heterocycles. The molecular formula is C8H8Br2OS. The first kappa shape index (κ1) is 10.4. The van der Waals surface area contributed by atoms with Crippen molar-refractivity contribution in [2.45, 2.75) is 11.8 Å². The normalized spacial score (nSPS) is 10.0. The largest absolute Gasteiger partial charge is 0.494 e. The highest BCUT2D eigenvalue weighted by molar-refractivity contribution is 9.11. The van der Waals surface area contributed by atoms with Gasteiger partial charge in [-0.15, -0.1) is 12.6 Å². The third-order valence-electron chi connectivity index (χ3n) is 1.30. The van der Waals surface area contributed by atoms with Crippen molar-refractivity contribution < 1.29 is 4.74 Å². The van der Waals surface area contributed by atoms with Gasteiger partial charge in [0.25, 0.3) is 0 Å². The van der Waals surface area contributed by atoms with E-state index in [1.54, 1.807) is 0 Å². The van der Waals surface area contributed by atoms with Crippen LogP contribution in [-0.4, -0.2) is 6.61 Å². The monoisotopic (exact) mass is 310 g/mol. The van der Waals surface area contributed by atoms with Gasteiger partial charge >= 0.3 is 0 Å². The molecule has 0 fully saturated rings. The van der Waals surface area contributed by atoms with Crippen molar-refractivity contribution in [2.24, 2.45) is 0 Å². The lowest BCUT2D eigenvalue weighted by atomic mass is 10.3. The lowest BCUT2D eigenvalue weighted by Crippen LogP contribution is -1.91. The Morgan fingerprint density at radius 2 is 1.83 bits per heavy atom. The van der Waals surface area contributed by atoms with Gasteiger partial charge in [0.1, 0.15) is 5.75 Å². The highest BCUT2D eigenvalue weighted by atomic mass is 79.9. The Hall–Kier alpha value is 0.330. The average Bonchev–Trinajstić information content (AvgIpc) is 2.01. The molecule has 0 unspecified atom stereocenters. The van der Waals surface area contributed by atoms with Gasteiger partial charge in [0.05, 0.1) is 6.61 Å². The third kappa shape index (κ3) is 2.41. The number of thiol groups is 1. The molecule has 0 aliphatic heterocycles. The van der Waals surface area contributed by atoms with E-state index in [0.717, 1.165) is 19.6 Å². The summed E-state index contributed by atoms with van der Waals surface area (Å²) in [5.41, 5.74) is 0. The fourth-order valence-corrected chi connectivity index (χ4v) is 2.07. The summed E-state index contributed by atoms with van der Waals surface area (Å²) < 4.78 is 7.20. The van der Waals surface area contributed by atoms with Crippen LogP contribution in [0.15, 0.2) is 26.0 Å². The van der Waals surface area contributed by atoms with E-state index < -0.39 is 0 Å². The minimum atomic E-state index is 0.671. The molecule has 1 nitrogen and oxygen atoms in total. The number of hydrogen-bond acceptors (Lipinski definition) is 2. The lowest BCUT2D eigenvalue weighted by Gasteiger charge is -2.06. The van der Waals surface area contributed by atoms with Gasteiger partial charge in [-0.1, -0.05) is 0 Å². The summed E-state index contributed by atoms with van der Waals surface area (Å²) in [6.07, 6.45) is 0. The minimum absolute atomic E-state index is 0.671. The van der Waals surface area contributed by atoms with Crippen molar-refractivity contribution in [1.82, 2.24) is 0 Å². The van der Waals surface area contributed by atoms with Crippen LogP contribution >= 0.6 is 44.5 Å². The van der Waals surface area contributed by atoms with E-state index in [1.807, 2.05) is 19.1 Å². The summed E-state index contributed by atoms with van der Waals surface area (Å²) >= 11 is 11.0. The van der Waals surface area contributed by atoms with Crippen LogP contribution < -0.4 is 4.74 Å². The Morgan fingerprint density at radius 3 is 2.25 bits per heavy atom. The van der Waals surface area contributed by atoms with Crippen LogP contribution in [0.2, 0.25) is 0 Å². The fraction of sp³-hybridized carbons (Fsp3) is 0.250. The Bertz CT molecular complexity index is 265. The van der Waals surface area contributed by atoms with Crippen molar-refractivity contribution in [1.29, 1.82) is 0 Å². The van der Waals surface area contributed by atoms with Gasteiger partial charge in [-0.2, -0.15) is 0 Å². The van der Waals surface area contributed by atoms with E-state index >= 15 is 0 Å². The predicted molar refractivity (Wildman–Crippen MR) is 60.3 cm³/mol. The number of rotatable bonds is 2. The summed E-state index contributed by atoms with van der Waals surface area (Å²) in [6, 6.07) is 3.80. The predicted octanol–water partition coefficient (Wildman–Crippen LogP) is 3.90. The van der Waals surface area contributed by atoms with Gasteiger partial charge in [0.15, 0.2) is 0 Å². The lowest BCUT2D eigenvalue weighted by molar-refractivity contribution is 0.339. The molecule has 1 rings (SSSR count). The zero-order valence-corrected chi connectivity index (χ0v) is 10.5. The minimum Gasteiger partial charge on any atom is -0.494 e. The summed E-state index contributed by atoms with van der Waals surface area (Å²) in [4.78, 5) is 0.887. The third-order valence-corrected chi connectivity index (χ3v) is 3.65. The molecule has 0 aliphatic rings. The summed E-state index contributed by atoms with van der Waals surface area (Å²) in [7, 11) is 0. The molecule has 0 amide bonds. The van der Waals surface area contributed by atoms with Crippen molar-refractivity contribution in [3.05, 3.63) is 21.1 Å². The van der Waals surface area contributed by atoms with Crippen molar-refractivity contribution in [3.8, 4) is 5.75 Å². The molecule has 0 aromatic heterocycles. The van der Waals surface area contributed by atoms with Crippen LogP contribution in [0, 0.1) is 0 Å². The van der Waals surface area contributed by atoms with Crippen LogP contribution in [0.5, 0.6) is 5.75 Å². The van der Waals surface area contributed by atoms with Gasteiger partial charge in [-0.25, -0.2) is 0 Å². The molecule has 0 saturated carbocycles. The first-order valence-corrected chi connectivity index (χ1v) is 5.49. The molecule has 1 aromatic rings. The molecule has 12 heavy (non-hydrogen) atoms. The molecule has 0 bridgehead atoms. The van der Waals surface area contributed by atoms with Crippen LogP contribution in [0.1, 0.15) is 6.92 Å². The van der Waals surface area contributed by atoms with Crippen molar-refractivity contribution >= 4 is 44.5 Å². The molecule has 0 radical (unpaired) electrons. The molecule has 0 atom stereocenters. The Labute approximate surface area is 94.2 Å². The zero-order valence-electron chi connectivity index (χ0n) is 6.47. The second-order valence-corrected chi connectivity index (χ2v) is 4.32. The zero-order chi connectivity index (χ0) is 9.14. The van der Waals surface area contributed by atoms with Gasteiger partial charge < -0.3 is 4.74 Å². The van der Waals surface area contributed by atoms with E-state index in [0.29, 0.717) is 6.61 Å². The molecule has 0 N–H and O–H groups in total. The summed E-state index contributed by atoms with van der Waals surface area (Å²) in [5.74, 6) is 0.842. The molecular weight excluding hydrogens is 304 g/mol. The Morgan fingerprint density at radius 1 is 1.33 bits per heavy atom. The average molecular weight is 312 g/mol. The van der Waals surface area contributed by atoms with Crippen LogP contribution in [0.4, 0.5) is 0 Å². The highest BCUT2D eigenvalue weighted by Gasteiger charge is 2.03. The van der Waals surface area contributed by atoms with Gasteiger partial charge in [0, 0.05) is 13.8 Å². The maximum Gasteiger partial charge on any atom is 0.121 e. The quantitative estimate of drug-likeness (QED) is 0.815. The van der Waals surface area contributed by atoms with Crippen LogP contribution in [-0.2, 0) is 0 Å². The first-order chi connectivity index (χ1) is 5.65. The molecule has 0 spiro atoms. The standard InChI is InChI=1S/C8H8Br2OS/c1-2-11-5-3-6(9)8(12)7(10)4-5/h3-4,12H,2H2,1H3. The fourth-order valence-electron chi connectivity index (χ4n) is 0.792. The number of halogens is 2. The topological polar surface area (TPSA) is 9.23 Å². The van der Waals surface area contributed by atoms with E-state index in [4.69, 9.17) is 4.74 Å². The smallest absolute Gasteiger partial charge is 0.121 e. The molecule has 1 aromatic carbocycles. The maximum absolute atomic E-state index is 5.33. The molecule has 0 aliphatic carbocycles. The molecule has 0 saturated heterocycles. The summed E-state index contributed by atoms with van der Waals surface area (Å²) in [6.45, 7) is 2.63. The van der Waals surface area contributed by atoms with E-state index in [1.165, 1.54) is 0 Å². The van der Waals surface area contributed by atoms with Gasteiger partial charge in [-0.3, -0.25) is 0 Å². The number of hydrogen-bond donors (Lipinski definition) is 1. The Balaban J connectivity index is 3.04. The second-order valence-electron chi connectivity index (χ2n) is 2.17. The van der Waals surface area contributed by atoms with Crippen molar-refractivity contribution in [2.75, 3.05) is 6.61 Å². The van der Waals surface area contributed by atoms with Crippen molar-refractivity contribution in [3.63, 3.8) is 0 Å². The van der Waals surface area contributed by atoms with Gasteiger partial charge in [0.2, 0.25) is 0 Å². The summed E-state index contributed by atoms with van der Waals surface area (Å²) in [5, 5.41) is 0.